The molecule has 8 heteroatoms. The van der Waals surface area contributed by atoms with E-state index in [1.54, 1.807) is 13.8 Å². The van der Waals surface area contributed by atoms with Crippen LogP contribution in [-0.2, 0) is 9.84 Å². The Hall–Kier alpha value is -0.730. The largest absolute Gasteiger partial charge is 0.501 e. The van der Waals surface area contributed by atoms with Gasteiger partial charge in [0.1, 0.15) is 0 Å². The molecule has 0 spiro atoms. The van der Waals surface area contributed by atoms with Crippen molar-refractivity contribution in [1.29, 1.82) is 0 Å². The second-order valence-electron chi connectivity index (χ2n) is 4.52. The van der Waals surface area contributed by atoms with Gasteiger partial charge in [0.05, 0.1) is 10.5 Å². The SMILES string of the molecule is CC(C)(O)CSc1ccc(S(=O)(=O)C(F)(F)F)cc1. The number of halogens is 3. The smallest absolute Gasteiger partial charge is 0.390 e. The predicted octanol–water partition coefficient (Wildman–Crippen LogP) is 2.84. The maximum absolute atomic E-state index is 12.3. The Kier molecular flexibility index (Phi) is 4.58. The number of hydrogen-bond donors (Lipinski definition) is 1. The molecular weight excluding hydrogens is 301 g/mol. The molecule has 3 nitrogen and oxygen atoms in total. The lowest BCUT2D eigenvalue weighted by atomic mass is 10.2. The van der Waals surface area contributed by atoms with Crippen molar-refractivity contribution < 1.29 is 26.7 Å². The van der Waals surface area contributed by atoms with E-state index in [1.807, 2.05) is 0 Å². The van der Waals surface area contributed by atoms with Crippen molar-refractivity contribution in [2.45, 2.75) is 34.7 Å². The minimum Gasteiger partial charge on any atom is -0.390 e. The molecule has 19 heavy (non-hydrogen) atoms. The van der Waals surface area contributed by atoms with E-state index in [-0.39, 0.29) is 0 Å². The van der Waals surface area contributed by atoms with E-state index in [0.717, 1.165) is 12.1 Å². The fraction of sp³-hybridized carbons (Fsp3) is 0.455. The highest BCUT2D eigenvalue weighted by atomic mass is 32.2. The molecule has 0 radical (unpaired) electrons. The molecule has 0 fully saturated rings. The van der Waals surface area contributed by atoms with Crippen molar-refractivity contribution in [3.05, 3.63) is 24.3 Å². The van der Waals surface area contributed by atoms with Gasteiger partial charge in [-0.1, -0.05) is 0 Å². The third-order valence-corrected chi connectivity index (χ3v) is 4.99. The van der Waals surface area contributed by atoms with Crippen LogP contribution in [0.15, 0.2) is 34.1 Å². The van der Waals surface area contributed by atoms with Crippen molar-refractivity contribution >= 4 is 21.6 Å². The summed E-state index contributed by atoms with van der Waals surface area (Å²) in [4.78, 5) is -0.198. The first-order valence-electron chi connectivity index (χ1n) is 5.20. The molecule has 0 atom stereocenters. The first kappa shape index (κ1) is 16.3. The molecule has 0 saturated heterocycles. The zero-order valence-electron chi connectivity index (χ0n) is 10.2. The quantitative estimate of drug-likeness (QED) is 0.868. The number of benzene rings is 1. The monoisotopic (exact) mass is 314 g/mol. The van der Waals surface area contributed by atoms with Gasteiger partial charge in [0.15, 0.2) is 0 Å². The lowest BCUT2D eigenvalue weighted by molar-refractivity contribution is -0.0436. The maximum Gasteiger partial charge on any atom is 0.501 e. The van der Waals surface area contributed by atoms with Crippen LogP contribution in [0.2, 0.25) is 0 Å². The Labute approximate surface area is 113 Å². The summed E-state index contributed by atoms with van der Waals surface area (Å²) in [7, 11) is -5.30. The lowest BCUT2D eigenvalue weighted by Crippen LogP contribution is -2.23. The average molecular weight is 314 g/mol. The van der Waals surface area contributed by atoms with Gasteiger partial charge in [-0.25, -0.2) is 8.42 Å². The van der Waals surface area contributed by atoms with Crippen LogP contribution in [0.25, 0.3) is 0 Å². The van der Waals surface area contributed by atoms with Crippen molar-refractivity contribution in [2.75, 3.05) is 5.75 Å². The number of sulfone groups is 1. The average Bonchev–Trinajstić information content (AvgIpc) is 2.24. The summed E-state index contributed by atoms with van der Waals surface area (Å²) in [6, 6.07) is 4.40. The molecule has 0 bridgehead atoms. The van der Waals surface area contributed by atoms with Crippen LogP contribution < -0.4 is 0 Å². The summed E-state index contributed by atoms with van der Waals surface area (Å²) >= 11 is 1.23. The van der Waals surface area contributed by atoms with E-state index in [1.165, 1.54) is 23.9 Å². The van der Waals surface area contributed by atoms with Gasteiger partial charge in [-0.05, 0) is 38.1 Å². The number of alkyl halides is 3. The van der Waals surface area contributed by atoms with Crippen LogP contribution in [0.4, 0.5) is 13.2 Å². The van der Waals surface area contributed by atoms with Gasteiger partial charge in [0.25, 0.3) is 9.84 Å². The van der Waals surface area contributed by atoms with Crippen LogP contribution >= 0.6 is 11.8 Å². The van der Waals surface area contributed by atoms with E-state index >= 15 is 0 Å². The molecule has 1 rings (SSSR count). The number of hydrogen-bond acceptors (Lipinski definition) is 4. The van der Waals surface area contributed by atoms with Crippen molar-refractivity contribution in [2.24, 2.45) is 0 Å². The minimum absolute atomic E-state index is 0.346. The van der Waals surface area contributed by atoms with E-state index < -0.39 is 25.8 Å². The molecule has 0 aromatic heterocycles. The summed E-state index contributed by atoms with van der Waals surface area (Å²) in [6.45, 7) is 3.20. The predicted molar refractivity (Wildman–Crippen MR) is 66.7 cm³/mol. The lowest BCUT2D eigenvalue weighted by Gasteiger charge is -2.16. The molecule has 0 aliphatic rings. The molecule has 0 heterocycles. The van der Waals surface area contributed by atoms with Gasteiger partial charge >= 0.3 is 5.51 Å². The van der Waals surface area contributed by atoms with E-state index in [4.69, 9.17) is 0 Å². The Morgan fingerprint density at radius 2 is 1.63 bits per heavy atom. The van der Waals surface area contributed by atoms with Crippen LogP contribution in [0, 0.1) is 0 Å². The summed E-state index contributed by atoms with van der Waals surface area (Å²) in [5.41, 5.74) is -6.21. The fourth-order valence-corrected chi connectivity index (χ4v) is 2.72. The maximum atomic E-state index is 12.3. The standard InChI is InChI=1S/C11H13F3O3S2/c1-10(2,15)7-18-8-3-5-9(6-4-8)19(16,17)11(12,13)14/h3-6,15H,7H2,1-2H3. The molecule has 108 valence electrons. The molecule has 1 N–H and O–H groups in total. The van der Waals surface area contributed by atoms with Crippen LogP contribution in [0.1, 0.15) is 13.8 Å². The van der Waals surface area contributed by atoms with E-state index in [9.17, 15) is 26.7 Å². The summed E-state index contributed by atoms with van der Waals surface area (Å²) < 4.78 is 59.1. The normalized spacial score (nSPS) is 13.6. The van der Waals surface area contributed by atoms with E-state index in [0.29, 0.717) is 10.6 Å². The molecule has 1 aromatic rings. The van der Waals surface area contributed by atoms with Gasteiger partial charge in [0, 0.05) is 10.6 Å². The van der Waals surface area contributed by atoms with Gasteiger partial charge in [-0.15, -0.1) is 11.8 Å². The first-order chi connectivity index (χ1) is 8.43. The second-order valence-corrected chi connectivity index (χ2v) is 7.51. The Bertz CT molecular complexity index is 528. The molecule has 0 saturated carbocycles. The molecular formula is C11H13F3O3S2. The fourth-order valence-electron chi connectivity index (χ4n) is 1.11. The van der Waals surface area contributed by atoms with Crippen molar-refractivity contribution in [3.8, 4) is 0 Å². The van der Waals surface area contributed by atoms with Gasteiger partial charge in [-0.3, -0.25) is 0 Å². The number of thioether (sulfide) groups is 1. The van der Waals surface area contributed by atoms with Crippen LogP contribution in [0.5, 0.6) is 0 Å². The highest BCUT2D eigenvalue weighted by Gasteiger charge is 2.46. The third-order valence-electron chi connectivity index (χ3n) is 2.03. The third kappa shape index (κ3) is 4.39. The van der Waals surface area contributed by atoms with Gasteiger partial charge in [0.2, 0.25) is 0 Å². The summed E-state index contributed by atoms with van der Waals surface area (Å²) in [5.74, 6) is 0.346. The minimum atomic E-state index is -5.30. The van der Waals surface area contributed by atoms with Crippen LogP contribution in [0.3, 0.4) is 0 Å². The Morgan fingerprint density at radius 3 is 2.00 bits per heavy atom. The van der Waals surface area contributed by atoms with Crippen molar-refractivity contribution in [3.63, 3.8) is 0 Å². The zero-order valence-corrected chi connectivity index (χ0v) is 11.9. The highest BCUT2D eigenvalue weighted by Crippen LogP contribution is 2.31. The molecule has 0 aliphatic heterocycles. The summed E-state index contributed by atoms with van der Waals surface area (Å²) in [6.07, 6.45) is 0. The van der Waals surface area contributed by atoms with E-state index in [2.05, 4.69) is 0 Å². The van der Waals surface area contributed by atoms with Crippen LogP contribution in [-0.4, -0.2) is 30.4 Å². The van der Waals surface area contributed by atoms with Crippen molar-refractivity contribution in [1.82, 2.24) is 0 Å². The highest BCUT2D eigenvalue weighted by molar-refractivity contribution is 7.99. The first-order valence-corrected chi connectivity index (χ1v) is 7.67. The number of aliphatic hydroxyl groups is 1. The topological polar surface area (TPSA) is 54.4 Å². The number of rotatable bonds is 4. The van der Waals surface area contributed by atoms with Gasteiger partial charge < -0.3 is 5.11 Å². The molecule has 0 unspecified atom stereocenters. The van der Waals surface area contributed by atoms with Gasteiger partial charge in [-0.2, -0.15) is 13.2 Å². The Balaban J connectivity index is 2.89. The molecule has 0 amide bonds. The zero-order chi connectivity index (χ0) is 14.9. The molecule has 1 aromatic carbocycles. The second kappa shape index (κ2) is 5.34. The molecule has 0 aliphatic carbocycles. The Morgan fingerprint density at radius 1 is 1.16 bits per heavy atom. The summed E-state index contributed by atoms with van der Waals surface area (Å²) in [5, 5.41) is 9.50.